The molecule has 0 aromatic rings. The maximum Gasteiger partial charge on any atom is 0.332 e. The molecule has 0 heterocycles. The molecule has 1 atom stereocenters. The summed E-state index contributed by atoms with van der Waals surface area (Å²) in [7, 11) is 0. The summed E-state index contributed by atoms with van der Waals surface area (Å²) in [6.07, 6.45) is 6.89. The predicted octanol–water partition coefficient (Wildman–Crippen LogP) is 1.91. The van der Waals surface area contributed by atoms with Crippen molar-refractivity contribution in [2.24, 2.45) is 0 Å². The van der Waals surface area contributed by atoms with Crippen LogP contribution in [0.3, 0.4) is 0 Å². The zero-order valence-electron chi connectivity index (χ0n) is 6.54. The van der Waals surface area contributed by atoms with Crippen LogP contribution in [0.15, 0.2) is 11.6 Å². The first-order valence-corrected chi connectivity index (χ1v) is 5.00. The van der Waals surface area contributed by atoms with E-state index < -0.39 is 5.97 Å². The summed E-state index contributed by atoms with van der Waals surface area (Å²) in [4.78, 5) is 10.6. The van der Waals surface area contributed by atoms with Crippen LogP contribution in [0.25, 0.3) is 0 Å². The monoisotopic (exact) mass is 172 g/mol. The van der Waals surface area contributed by atoms with E-state index in [1.165, 1.54) is 0 Å². The predicted molar refractivity (Wildman–Crippen MR) is 46.9 cm³/mol. The van der Waals surface area contributed by atoms with Crippen molar-refractivity contribution < 1.29 is 9.90 Å². The van der Waals surface area contributed by atoms with Gasteiger partial charge in [-0.05, 0) is 25.5 Å². The Labute approximate surface area is 70.7 Å². The molecule has 0 radical (unpaired) electrons. The number of hydrogen-bond donors (Lipinski definition) is 1. The Hall–Kier alpha value is -0.440. The first-order valence-electron chi connectivity index (χ1n) is 3.72. The molecule has 0 amide bonds. The van der Waals surface area contributed by atoms with Crippen molar-refractivity contribution in [2.75, 3.05) is 6.26 Å². The van der Waals surface area contributed by atoms with Crippen molar-refractivity contribution in [1.82, 2.24) is 0 Å². The third-order valence-electron chi connectivity index (χ3n) is 1.91. The second-order valence-electron chi connectivity index (χ2n) is 2.62. The van der Waals surface area contributed by atoms with E-state index in [0.29, 0.717) is 5.57 Å². The van der Waals surface area contributed by atoms with Gasteiger partial charge in [0.25, 0.3) is 0 Å². The van der Waals surface area contributed by atoms with Crippen LogP contribution in [0.2, 0.25) is 0 Å². The lowest BCUT2D eigenvalue weighted by Crippen LogP contribution is -2.17. The lowest BCUT2D eigenvalue weighted by atomic mass is 9.99. The van der Waals surface area contributed by atoms with Gasteiger partial charge in [0.05, 0.1) is 0 Å². The van der Waals surface area contributed by atoms with E-state index in [1.54, 1.807) is 11.8 Å². The fourth-order valence-electron chi connectivity index (χ4n) is 1.32. The van der Waals surface area contributed by atoms with Gasteiger partial charge in [-0.2, -0.15) is 11.8 Å². The van der Waals surface area contributed by atoms with Crippen LogP contribution < -0.4 is 0 Å². The molecule has 1 aliphatic carbocycles. The molecule has 0 fully saturated rings. The van der Waals surface area contributed by atoms with Crippen molar-refractivity contribution in [3.63, 3.8) is 0 Å². The van der Waals surface area contributed by atoms with Gasteiger partial charge in [0, 0.05) is 10.8 Å². The molecule has 0 aromatic carbocycles. The molecule has 0 aliphatic heterocycles. The van der Waals surface area contributed by atoms with Crippen LogP contribution in [0.5, 0.6) is 0 Å². The van der Waals surface area contributed by atoms with Crippen LogP contribution in [0, 0.1) is 0 Å². The smallest absolute Gasteiger partial charge is 0.332 e. The highest BCUT2D eigenvalue weighted by atomic mass is 32.2. The number of allylic oxidation sites excluding steroid dienone is 1. The second-order valence-corrected chi connectivity index (χ2v) is 3.66. The van der Waals surface area contributed by atoms with Crippen molar-refractivity contribution in [3.05, 3.63) is 11.6 Å². The largest absolute Gasteiger partial charge is 0.478 e. The summed E-state index contributed by atoms with van der Waals surface area (Å²) in [5.74, 6) is -0.746. The Morgan fingerprint density at radius 1 is 1.82 bits per heavy atom. The fraction of sp³-hybridized carbons (Fsp3) is 0.625. The number of hydrogen-bond acceptors (Lipinski definition) is 2. The molecule has 11 heavy (non-hydrogen) atoms. The summed E-state index contributed by atoms with van der Waals surface area (Å²) in [6.45, 7) is 0. The molecule has 0 bridgehead atoms. The third-order valence-corrected chi connectivity index (χ3v) is 2.97. The molecule has 3 heteroatoms. The maximum atomic E-state index is 10.6. The summed E-state index contributed by atoms with van der Waals surface area (Å²) in [6, 6.07) is 0. The average molecular weight is 172 g/mol. The molecule has 0 saturated carbocycles. The summed E-state index contributed by atoms with van der Waals surface area (Å²) in [5.41, 5.74) is 0.601. The molecule has 0 aromatic heterocycles. The number of carboxylic acids is 1. The Bertz CT molecular complexity index is 187. The third kappa shape index (κ3) is 1.99. The minimum Gasteiger partial charge on any atom is -0.478 e. The van der Waals surface area contributed by atoms with Gasteiger partial charge in [-0.15, -0.1) is 0 Å². The topological polar surface area (TPSA) is 37.3 Å². The SMILES string of the molecule is CSC1CCCC=C1C(=O)O. The van der Waals surface area contributed by atoms with E-state index in [1.807, 2.05) is 12.3 Å². The first-order chi connectivity index (χ1) is 5.25. The number of thioether (sulfide) groups is 1. The Balaban J connectivity index is 2.71. The quantitative estimate of drug-likeness (QED) is 0.691. The van der Waals surface area contributed by atoms with E-state index >= 15 is 0 Å². The molecule has 0 saturated heterocycles. The van der Waals surface area contributed by atoms with Gasteiger partial charge in [0.1, 0.15) is 0 Å². The molecule has 1 N–H and O–H groups in total. The zero-order chi connectivity index (χ0) is 8.27. The lowest BCUT2D eigenvalue weighted by molar-refractivity contribution is -0.132. The highest BCUT2D eigenvalue weighted by Gasteiger charge is 2.21. The minimum atomic E-state index is -0.746. The molecule has 2 nitrogen and oxygen atoms in total. The van der Waals surface area contributed by atoms with E-state index in [4.69, 9.17) is 5.11 Å². The molecular formula is C8H12O2S. The van der Waals surface area contributed by atoms with Gasteiger partial charge in [-0.25, -0.2) is 4.79 Å². The highest BCUT2D eigenvalue weighted by Crippen LogP contribution is 2.27. The van der Waals surface area contributed by atoms with Crippen molar-refractivity contribution >= 4 is 17.7 Å². The normalized spacial score (nSPS) is 24.5. The molecule has 1 aliphatic rings. The summed E-state index contributed by atoms with van der Waals surface area (Å²) in [5, 5.41) is 8.98. The van der Waals surface area contributed by atoms with Crippen molar-refractivity contribution in [1.29, 1.82) is 0 Å². The Morgan fingerprint density at radius 3 is 3.00 bits per heavy atom. The average Bonchev–Trinajstić information content (AvgIpc) is 2.04. The van der Waals surface area contributed by atoms with Gasteiger partial charge >= 0.3 is 5.97 Å². The Kier molecular flexibility index (Phi) is 3.00. The number of carbonyl (C=O) groups is 1. The number of rotatable bonds is 2. The van der Waals surface area contributed by atoms with E-state index in [9.17, 15) is 4.79 Å². The van der Waals surface area contributed by atoms with Gasteiger partial charge in [0.2, 0.25) is 0 Å². The van der Waals surface area contributed by atoms with Crippen molar-refractivity contribution in [3.8, 4) is 0 Å². The van der Waals surface area contributed by atoms with Gasteiger partial charge < -0.3 is 5.11 Å². The highest BCUT2D eigenvalue weighted by molar-refractivity contribution is 7.99. The number of carboxylic acid groups (broad SMARTS) is 1. The fourth-order valence-corrected chi connectivity index (χ4v) is 2.17. The van der Waals surface area contributed by atoms with E-state index in [2.05, 4.69) is 0 Å². The lowest BCUT2D eigenvalue weighted by Gasteiger charge is -2.18. The maximum absolute atomic E-state index is 10.6. The van der Waals surface area contributed by atoms with Crippen LogP contribution in [-0.2, 0) is 4.79 Å². The van der Waals surface area contributed by atoms with Gasteiger partial charge in [-0.1, -0.05) is 6.08 Å². The second kappa shape index (κ2) is 3.81. The summed E-state index contributed by atoms with van der Waals surface area (Å²) >= 11 is 1.63. The number of aliphatic carboxylic acids is 1. The van der Waals surface area contributed by atoms with Crippen molar-refractivity contribution in [2.45, 2.75) is 24.5 Å². The molecule has 1 unspecified atom stereocenters. The van der Waals surface area contributed by atoms with Gasteiger partial charge in [0.15, 0.2) is 0 Å². The molecule has 1 rings (SSSR count). The van der Waals surface area contributed by atoms with Crippen LogP contribution >= 0.6 is 11.8 Å². The Morgan fingerprint density at radius 2 is 2.55 bits per heavy atom. The molecule has 0 spiro atoms. The molecular weight excluding hydrogens is 160 g/mol. The minimum absolute atomic E-state index is 0.223. The standard InChI is InChI=1S/C8H12O2S/c1-11-7-5-3-2-4-6(7)8(9)10/h4,7H,2-3,5H2,1H3,(H,9,10). The van der Waals surface area contributed by atoms with Gasteiger partial charge in [-0.3, -0.25) is 0 Å². The van der Waals surface area contributed by atoms with Crippen LogP contribution in [-0.4, -0.2) is 22.6 Å². The van der Waals surface area contributed by atoms with Crippen LogP contribution in [0.1, 0.15) is 19.3 Å². The molecule has 62 valence electrons. The van der Waals surface area contributed by atoms with E-state index in [0.717, 1.165) is 19.3 Å². The first kappa shape index (κ1) is 8.65. The van der Waals surface area contributed by atoms with E-state index in [-0.39, 0.29) is 5.25 Å². The zero-order valence-corrected chi connectivity index (χ0v) is 7.36. The van der Waals surface area contributed by atoms with Crippen LogP contribution in [0.4, 0.5) is 0 Å². The summed E-state index contributed by atoms with van der Waals surface area (Å²) < 4.78 is 0.